The summed E-state index contributed by atoms with van der Waals surface area (Å²) in [6.07, 6.45) is -10.2. The second kappa shape index (κ2) is 23.2. The normalized spacial score (nSPS) is 16.6. The summed E-state index contributed by atoms with van der Waals surface area (Å²) in [4.78, 5) is 34.6. The first-order valence-electron chi connectivity index (χ1n) is 22.4. The molecule has 0 radical (unpaired) electrons. The maximum absolute atomic E-state index is 15.4. The van der Waals surface area contributed by atoms with E-state index < -0.39 is 124 Å². The maximum Gasteiger partial charge on any atom is 0.435 e. The molecule has 0 saturated carbocycles. The summed E-state index contributed by atoms with van der Waals surface area (Å²) in [7, 11) is -1.35. The molecular weight excluding hydrogens is 1060 g/mol. The summed E-state index contributed by atoms with van der Waals surface area (Å²) in [6.45, 7) is 3.64. The molecule has 2 amide bonds. The van der Waals surface area contributed by atoms with Gasteiger partial charge in [-0.25, -0.2) is 22.8 Å². The molecule has 1 fully saturated rings. The zero-order chi connectivity index (χ0) is 54.7. The lowest BCUT2D eigenvalue weighted by molar-refractivity contribution is -0.143. The number of aromatic nitrogens is 5. The molecule has 7 rings (SSSR count). The Balaban J connectivity index is 0.00000440. The van der Waals surface area contributed by atoms with Gasteiger partial charge in [0.2, 0.25) is 5.91 Å². The van der Waals surface area contributed by atoms with Crippen LogP contribution in [-0.2, 0) is 56.9 Å². The fourth-order valence-corrected chi connectivity index (χ4v) is 9.48. The van der Waals surface area contributed by atoms with Crippen LogP contribution in [0.15, 0.2) is 42.5 Å². The number of morpholine rings is 1. The van der Waals surface area contributed by atoms with Crippen molar-refractivity contribution >= 4 is 63.1 Å². The van der Waals surface area contributed by atoms with E-state index in [4.69, 9.17) is 31.2 Å². The average Bonchev–Trinajstić information content (AvgIpc) is 3.95. The van der Waals surface area contributed by atoms with Crippen LogP contribution in [0.25, 0.3) is 22.0 Å². The van der Waals surface area contributed by atoms with Crippen molar-refractivity contribution in [2.24, 2.45) is 0 Å². The smallest absolute Gasteiger partial charge is 0.435 e. The van der Waals surface area contributed by atoms with E-state index in [9.17, 15) is 48.9 Å². The minimum atomic E-state index is -5.19. The third-order valence-corrected chi connectivity index (χ3v) is 14.0. The number of nitrogens with zero attached hydrogens (tertiary/aromatic N) is 7. The molecule has 2 N–H and O–H groups in total. The third kappa shape index (κ3) is 13.5. The van der Waals surface area contributed by atoms with Gasteiger partial charge in [-0.15, -0.1) is 11.8 Å². The number of carbonyl (C=O) groups is 2. The van der Waals surface area contributed by atoms with E-state index in [1.807, 2.05) is 4.90 Å². The van der Waals surface area contributed by atoms with Crippen molar-refractivity contribution in [3.8, 4) is 23.0 Å². The van der Waals surface area contributed by atoms with Crippen LogP contribution in [-0.4, -0.2) is 121 Å². The molecule has 5 aromatic rings. The number of fused-ring (bicyclic) bond motifs is 2. The first-order chi connectivity index (χ1) is 34.7. The number of aliphatic hydroxyl groups is 1. The second-order valence-corrected chi connectivity index (χ2v) is 20.5. The zero-order valence-corrected chi connectivity index (χ0v) is 42.7. The Morgan fingerprint density at radius 1 is 1.03 bits per heavy atom. The minimum absolute atomic E-state index is 0.00373. The van der Waals surface area contributed by atoms with Gasteiger partial charge in [0.1, 0.15) is 53.7 Å². The number of rotatable bonds is 14. The van der Waals surface area contributed by atoms with E-state index in [1.165, 1.54) is 36.0 Å². The van der Waals surface area contributed by atoms with Crippen molar-refractivity contribution in [3.63, 3.8) is 0 Å². The lowest BCUT2D eigenvalue weighted by Gasteiger charge is -2.26. The van der Waals surface area contributed by atoms with E-state index in [-0.39, 0.29) is 56.3 Å². The Morgan fingerprint density at radius 2 is 1.68 bits per heavy atom. The summed E-state index contributed by atoms with van der Waals surface area (Å²) in [5, 5.41) is 16.5. The number of amides is 2. The Kier molecular flexibility index (Phi) is 18.1. The number of aliphatic hydroxyl groups excluding tert-OH is 1. The third-order valence-electron chi connectivity index (χ3n) is 11.7. The number of nitrogens with one attached hydrogen (secondary N) is 1. The van der Waals surface area contributed by atoms with Gasteiger partial charge >= 0.3 is 18.4 Å². The van der Waals surface area contributed by atoms with E-state index in [1.54, 1.807) is 20.1 Å². The number of alkyl halides is 8. The average molecular weight is 1110 g/mol. The van der Waals surface area contributed by atoms with Gasteiger partial charge in [0.15, 0.2) is 11.5 Å². The predicted octanol–water partition coefficient (Wildman–Crippen LogP) is 9.18. The summed E-state index contributed by atoms with van der Waals surface area (Å²) in [5.41, 5.74) is -4.62. The van der Waals surface area contributed by atoms with Crippen LogP contribution in [0.5, 0.6) is 0 Å². The van der Waals surface area contributed by atoms with Gasteiger partial charge in [0.25, 0.3) is 5.92 Å². The molecule has 74 heavy (non-hydrogen) atoms. The number of thioether (sulfide) groups is 1. The minimum Gasteiger partial charge on any atom is -0.447 e. The fraction of sp³-hybridized carbons (Fsp3) is 0.468. The van der Waals surface area contributed by atoms with E-state index in [2.05, 4.69) is 27.4 Å². The topological polar surface area (TPSA) is 157 Å². The van der Waals surface area contributed by atoms with Crippen LogP contribution in [0, 0.1) is 23.5 Å². The number of hydrogen-bond donors (Lipinski definition) is 2. The van der Waals surface area contributed by atoms with Gasteiger partial charge in [-0.1, -0.05) is 30.5 Å². The highest BCUT2D eigenvalue weighted by Crippen LogP contribution is 2.52. The monoisotopic (exact) mass is 1110 g/mol. The Labute approximate surface area is 429 Å². The number of carbonyl (C=O) groups excluding carboxylic acids is 2. The second-order valence-electron chi connectivity index (χ2n) is 17.5. The molecule has 27 heteroatoms. The van der Waals surface area contributed by atoms with Gasteiger partial charge in [0, 0.05) is 62.2 Å². The van der Waals surface area contributed by atoms with E-state index >= 15 is 8.78 Å². The number of halogens is 11. The van der Waals surface area contributed by atoms with Crippen molar-refractivity contribution in [1.82, 2.24) is 34.8 Å². The molecule has 2 aromatic carbocycles. The summed E-state index contributed by atoms with van der Waals surface area (Å²) in [5.74, 6) is -3.18. The number of anilines is 1. The van der Waals surface area contributed by atoms with Crippen LogP contribution in [0.2, 0.25) is 5.02 Å². The van der Waals surface area contributed by atoms with Gasteiger partial charge in [0.05, 0.1) is 45.6 Å². The first kappa shape index (κ1) is 57.8. The quantitative estimate of drug-likeness (QED) is 0.0808. The lowest BCUT2D eigenvalue weighted by Crippen LogP contribution is -2.40. The number of ether oxygens (including phenoxy) is 2. The molecule has 14 nitrogen and oxygen atoms in total. The van der Waals surface area contributed by atoms with Crippen molar-refractivity contribution in [1.29, 1.82) is 0 Å². The molecule has 2 aliphatic rings. The van der Waals surface area contributed by atoms with Gasteiger partial charge in [-0.2, -0.15) is 49.6 Å². The molecule has 0 bridgehead atoms. The highest BCUT2D eigenvalue weighted by Gasteiger charge is 2.53. The fourth-order valence-electron chi connectivity index (χ4n) is 8.46. The van der Waals surface area contributed by atoms with E-state index in [0.29, 0.717) is 41.4 Å². The van der Waals surface area contributed by atoms with E-state index in [0.717, 1.165) is 32.4 Å². The molecule has 1 aliphatic heterocycles. The SMILES string of the molecule is CO.CSC(C)(C)C#Cc1ccc(-c2ccc(Cl)c3c(N(C(=O)OCCN4CCOCC4)S(C)=O)nn(CC(F)(F)F)c23)c(C(Cc2cc(F)cc(F)c2)NC(=O)Cn2nc(C(F)(F)F)c3c2C(F)(F)C[C@@H]3C)n1. The molecular formula is C47H49ClF10N8O6S2. The number of benzene rings is 2. The molecule has 0 spiro atoms. The largest absolute Gasteiger partial charge is 0.447 e. The molecule has 4 heterocycles. The van der Waals surface area contributed by atoms with Crippen LogP contribution in [0.4, 0.5) is 54.5 Å². The van der Waals surface area contributed by atoms with Crippen molar-refractivity contribution in [3.05, 3.63) is 93.0 Å². The van der Waals surface area contributed by atoms with Gasteiger partial charge in [-0.05, 0) is 74.3 Å². The highest BCUT2D eigenvalue weighted by atomic mass is 35.5. The van der Waals surface area contributed by atoms with Crippen LogP contribution in [0.3, 0.4) is 0 Å². The van der Waals surface area contributed by atoms with Gasteiger partial charge < -0.3 is 19.9 Å². The zero-order valence-electron chi connectivity index (χ0n) is 40.4. The Morgan fingerprint density at radius 3 is 2.28 bits per heavy atom. The van der Waals surface area contributed by atoms with Crippen molar-refractivity contribution in [2.75, 3.05) is 63.4 Å². The molecule has 402 valence electrons. The summed E-state index contributed by atoms with van der Waals surface area (Å²) >= 11 is 8.12. The molecule has 3 atom stereocenters. The summed E-state index contributed by atoms with van der Waals surface area (Å²) in [6, 6.07) is 5.94. The first-order valence-corrected chi connectivity index (χ1v) is 25.5. The number of hydrogen-bond acceptors (Lipinski definition) is 11. The van der Waals surface area contributed by atoms with Gasteiger partial charge in [-0.3, -0.25) is 19.1 Å². The Bertz CT molecular complexity index is 2950. The molecule has 3 aromatic heterocycles. The lowest BCUT2D eigenvalue weighted by atomic mass is 9.93. The molecule has 1 saturated heterocycles. The van der Waals surface area contributed by atoms with Crippen LogP contribution < -0.4 is 9.62 Å². The maximum atomic E-state index is 15.4. The predicted molar refractivity (Wildman–Crippen MR) is 257 cm³/mol. The molecule has 1 aliphatic carbocycles. The summed E-state index contributed by atoms with van der Waals surface area (Å²) < 4.78 is 172. The van der Waals surface area contributed by atoms with Crippen LogP contribution >= 0.6 is 23.4 Å². The Hall–Kier alpha value is -5.46. The number of pyridine rings is 1. The van der Waals surface area contributed by atoms with Crippen molar-refractivity contribution < 1.29 is 72.3 Å². The standard InChI is InChI=1S/C46H45ClF10N8O5S2.CH4O/c1-25-22-44(50,51)40-35(25)39(46(55,56)57)60-63(40)23-34(66)59-33(20-26-18-27(48)21-28(49)19-26)37-30(7-6-29(58-37)10-11-43(2,3)71-4)31-8-9-32(47)36-38(31)64(24-45(52,53)54)61-41(36)65(72(5)68)42(67)70-17-14-62-12-15-69-16-13-62;1-2/h6-9,18-19,21,25,33H,12-17,20,22-24H2,1-5H3,(H,59,66);2H,1H3/t25-,33?,72?;/m0./s1. The molecule has 2 unspecified atom stereocenters. The highest BCUT2D eigenvalue weighted by molar-refractivity contribution is 8.00. The van der Waals surface area contributed by atoms with Crippen LogP contribution in [0.1, 0.15) is 73.1 Å². The van der Waals surface area contributed by atoms with Crippen molar-refractivity contribution in [2.45, 2.75) is 81.7 Å².